The molecule has 0 saturated heterocycles. The van der Waals surface area contributed by atoms with Gasteiger partial charge in [0, 0.05) is 29.1 Å². The van der Waals surface area contributed by atoms with Crippen LogP contribution in [0.1, 0.15) is 22.3 Å². The first kappa shape index (κ1) is 31.3. The third kappa shape index (κ3) is 4.80. The number of hydrogen-bond donors (Lipinski definition) is 0. The number of aromatic nitrogens is 3. The first-order chi connectivity index (χ1) is 27.3. The summed E-state index contributed by atoms with van der Waals surface area (Å²) in [6.45, 7) is 0. The van der Waals surface area contributed by atoms with E-state index in [2.05, 4.69) is 163 Å². The van der Waals surface area contributed by atoms with Gasteiger partial charge in [0.1, 0.15) is 0 Å². The number of rotatable bonds is 4. The van der Waals surface area contributed by atoms with Gasteiger partial charge in [0.05, 0.1) is 16.8 Å². The highest BCUT2D eigenvalue weighted by atomic mass is 14.9. The molecule has 0 fully saturated rings. The van der Waals surface area contributed by atoms with E-state index in [1.165, 1.54) is 55.6 Å². The summed E-state index contributed by atoms with van der Waals surface area (Å²) in [6, 6.07) is 68.0. The SMILES string of the molecule is c1ccc(-c2nc(-c3ccc(-c4ccncc4)cc3)cc(-c3ccc4c(c3)C3(c5ccccc5-c5ccccc5-4)c4ccccc4-c4ccccc43)n2)cc1. The van der Waals surface area contributed by atoms with Gasteiger partial charge in [-0.05, 0) is 91.0 Å². The minimum absolute atomic E-state index is 0.560. The lowest BCUT2D eigenvalue weighted by molar-refractivity contribution is 0.775. The minimum Gasteiger partial charge on any atom is -0.265 e. The highest BCUT2D eigenvalue weighted by Crippen LogP contribution is 2.61. The van der Waals surface area contributed by atoms with E-state index in [0.29, 0.717) is 5.82 Å². The van der Waals surface area contributed by atoms with Crippen molar-refractivity contribution in [2.24, 2.45) is 0 Å². The average molecular weight is 700 g/mol. The second kappa shape index (κ2) is 12.4. The molecule has 0 N–H and O–H groups in total. The molecule has 0 aliphatic heterocycles. The van der Waals surface area contributed by atoms with Gasteiger partial charge in [-0.3, -0.25) is 4.98 Å². The molecule has 2 aromatic heterocycles. The molecule has 55 heavy (non-hydrogen) atoms. The fourth-order valence-corrected chi connectivity index (χ4v) is 9.04. The zero-order valence-corrected chi connectivity index (χ0v) is 29.9. The van der Waals surface area contributed by atoms with E-state index in [0.717, 1.165) is 39.2 Å². The lowest BCUT2D eigenvalue weighted by atomic mass is 9.65. The van der Waals surface area contributed by atoms with E-state index in [4.69, 9.17) is 9.97 Å². The quantitative estimate of drug-likeness (QED) is 0.184. The van der Waals surface area contributed by atoms with Gasteiger partial charge in [-0.2, -0.15) is 0 Å². The normalized spacial score (nSPS) is 12.9. The highest BCUT2D eigenvalue weighted by Gasteiger charge is 2.49. The van der Waals surface area contributed by atoms with Crippen molar-refractivity contribution in [2.45, 2.75) is 5.41 Å². The monoisotopic (exact) mass is 699 g/mol. The Labute approximate surface area is 320 Å². The van der Waals surface area contributed by atoms with Crippen LogP contribution in [-0.4, -0.2) is 15.0 Å². The maximum atomic E-state index is 5.31. The molecule has 1 spiro atoms. The summed E-state index contributed by atoms with van der Waals surface area (Å²) >= 11 is 0. The Hall–Kier alpha value is -7.23. The molecule has 11 rings (SSSR count). The predicted molar refractivity (Wildman–Crippen MR) is 223 cm³/mol. The summed E-state index contributed by atoms with van der Waals surface area (Å²) < 4.78 is 0. The molecule has 2 aliphatic carbocycles. The van der Waals surface area contributed by atoms with Gasteiger partial charge in [0.15, 0.2) is 5.82 Å². The van der Waals surface area contributed by atoms with E-state index in [1.807, 2.05) is 42.7 Å². The molecule has 0 amide bonds. The molecule has 3 heteroatoms. The Balaban J connectivity index is 1.18. The Kier molecular flexibility index (Phi) is 7.08. The van der Waals surface area contributed by atoms with Crippen LogP contribution in [0.15, 0.2) is 200 Å². The van der Waals surface area contributed by atoms with Gasteiger partial charge in [-0.25, -0.2) is 9.97 Å². The van der Waals surface area contributed by atoms with Gasteiger partial charge < -0.3 is 0 Å². The zero-order chi connectivity index (χ0) is 36.3. The third-order valence-electron chi connectivity index (χ3n) is 11.5. The lowest BCUT2D eigenvalue weighted by Crippen LogP contribution is -2.29. The minimum atomic E-state index is -0.560. The predicted octanol–water partition coefficient (Wildman–Crippen LogP) is 12.6. The molecular formula is C52H33N3. The van der Waals surface area contributed by atoms with Gasteiger partial charge in [-0.15, -0.1) is 0 Å². The van der Waals surface area contributed by atoms with Crippen LogP contribution in [0.2, 0.25) is 0 Å². The summed E-state index contributed by atoms with van der Waals surface area (Å²) in [5.74, 6) is 0.697. The molecule has 0 bridgehead atoms. The van der Waals surface area contributed by atoms with Crippen LogP contribution in [0.25, 0.3) is 78.4 Å². The molecule has 2 heterocycles. The standard InChI is InChI=1S/C52H33N3/c1-2-12-37(13-3-1)51-54-49(36-24-22-34(23-25-36)35-28-30-53-31-29-35)33-50(55-51)38-26-27-44-40-15-5-4-14-39(40)41-16-6-9-19-45(41)52(48(44)32-38)46-20-10-7-17-42(46)43-18-8-11-21-47(43)52/h1-33H. The summed E-state index contributed by atoms with van der Waals surface area (Å²) in [5, 5.41) is 0. The molecule has 9 aromatic rings. The maximum absolute atomic E-state index is 5.31. The number of benzene rings is 7. The number of nitrogens with zero attached hydrogens (tertiary/aromatic N) is 3. The van der Waals surface area contributed by atoms with Crippen molar-refractivity contribution in [3.63, 3.8) is 0 Å². The van der Waals surface area contributed by atoms with Gasteiger partial charge in [0.2, 0.25) is 0 Å². The van der Waals surface area contributed by atoms with Crippen molar-refractivity contribution in [3.05, 3.63) is 223 Å². The van der Waals surface area contributed by atoms with E-state index in [9.17, 15) is 0 Å². The fourth-order valence-electron chi connectivity index (χ4n) is 9.04. The first-order valence-electron chi connectivity index (χ1n) is 18.8. The number of pyridine rings is 1. The second-order valence-corrected chi connectivity index (χ2v) is 14.3. The van der Waals surface area contributed by atoms with Crippen LogP contribution in [0.5, 0.6) is 0 Å². The van der Waals surface area contributed by atoms with Crippen LogP contribution in [-0.2, 0) is 5.41 Å². The molecule has 0 saturated carbocycles. The van der Waals surface area contributed by atoms with Crippen molar-refractivity contribution in [1.82, 2.24) is 15.0 Å². The molecule has 0 unspecified atom stereocenters. The smallest absolute Gasteiger partial charge is 0.160 e. The molecule has 7 aromatic carbocycles. The first-order valence-corrected chi connectivity index (χ1v) is 18.8. The average Bonchev–Trinajstić information content (AvgIpc) is 3.52. The Morgan fingerprint density at radius 1 is 0.291 bits per heavy atom. The maximum Gasteiger partial charge on any atom is 0.160 e. The van der Waals surface area contributed by atoms with E-state index in [-0.39, 0.29) is 0 Å². The van der Waals surface area contributed by atoms with Crippen LogP contribution in [0.3, 0.4) is 0 Å². The summed E-state index contributed by atoms with van der Waals surface area (Å²) in [4.78, 5) is 14.7. The summed E-state index contributed by atoms with van der Waals surface area (Å²) in [5.41, 5.74) is 19.2. The van der Waals surface area contributed by atoms with E-state index >= 15 is 0 Å². The molecular weight excluding hydrogens is 667 g/mol. The van der Waals surface area contributed by atoms with Crippen LogP contribution in [0, 0.1) is 0 Å². The van der Waals surface area contributed by atoms with Crippen molar-refractivity contribution in [1.29, 1.82) is 0 Å². The summed E-state index contributed by atoms with van der Waals surface area (Å²) in [7, 11) is 0. The Morgan fingerprint density at radius 2 is 0.727 bits per heavy atom. The van der Waals surface area contributed by atoms with Crippen LogP contribution < -0.4 is 0 Å². The van der Waals surface area contributed by atoms with Gasteiger partial charge in [0.25, 0.3) is 0 Å². The van der Waals surface area contributed by atoms with E-state index in [1.54, 1.807) is 0 Å². The molecule has 0 atom stereocenters. The molecule has 2 aliphatic rings. The number of fused-ring (bicyclic) bond motifs is 12. The second-order valence-electron chi connectivity index (χ2n) is 14.3. The topological polar surface area (TPSA) is 38.7 Å². The van der Waals surface area contributed by atoms with Crippen molar-refractivity contribution < 1.29 is 0 Å². The van der Waals surface area contributed by atoms with Crippen molar-refractivity contribution >= 4 is 0 Å². The molecule has 256 valence electrons. The van der Waals surface area contributed by atoms with Crippen LogP contribution >= 0.6 is 0 Å². The highest BCUT2D eigenvalue weighted by molar-refractivity contribution is 5.98. The van der Waals surface area contributed by atoms with Crippen LogP contribution in [0.4, 0.5) is 0 Å². The van der Waals surface area contributed by atoms with Gasteiger partial charge >= 0.3 is 0 Å². The van der Waals surface area contributed by atoms with Crippen molar-refractivity contribution in [3.8, 4) is 78.4 Å². The lowest BCUT2D eigenvalue weighted by Gasteiger charge is -2.35. The Morgan fingerprint density at radius 3 is 1.33 bits per heavy atom. The van der Waals surface area contributed by atoms with E-state index < -0.39 is 5.41 Å². The Bertz CT molecular complexity index is 2870. The van der Waals surface area contributed by atoms with Crippen molar-refractivity contribution in [2.75, 3.05) is 0 Å². The zero-order valence-electron chi connectivity index (χ0n) is 29.9. The number of hydrogen-bond acceptors (Lipinski definition) is 3. The molecule has 3 nitrogen and oxygen atoms in total. The summed E-state index contributed by atoms with van der Waals surface area (Å²) in [6.07, 6.45) is 3.66. The third-order valence-corrected chi connectivity index (χ3v) is 11.5. The van der Waals surface area contributed by atoms with Gasteiger partial charge in [-0.1, -0.05) is 164 Å². The molecule has 0 radical (unpaired) electrons. The fraction of sp³-hybridized carbons (Fsp3) is 0.0192. The largest absolute Gasteiger partial charge is 0.265 e.